The average Bonchev–Trinajstić information content (AvgIpc) is 1.81. The Kier molecular flexibility index (Phi) is 3.96. The fourth-order valence-corrected chi connectivity index (χ4v) is 0.586. The molecule has 0 saturated heterocycles. The van der Waals surface area contributed by atoms with Crippen LogP contribution >= 0.6 is 0 Å². The van der Waals surface area contributed by atoms with Crippen molar-refractivity contribution in [3.8, 4) is 0 Å². The summed E-state index contributed by atoms with van der Waals surface area (Å²) >= 11 is 0. The summed E-state index contributed by atoms with van der Waals surface area (Å²) in [5, 5.41) is 5.05. The van der Waals surface area contributed by atoms with Crippen LogP contribution in [0.5, 0.6) is 0 Å². The number of carbonyl (C=O) groups excluding carboxylic acids is 1. The fraction of sp³-hybridized carbons (Fsp3) is 0.500. The molecule has 74 valence electrons. The van der Waals surface area contributed by atoms with Crippen LogP contribution in [0.15, 0.2) is 10.1 Å². The van der Waals surface area contributed by atoms with Crippen LogP contribution in [0.4, 0.5) is 13.6 Å². The molecule has 0 bridgehead atoms. The molecule has 0 radical (unpaired) electrons. The van der Waals surface area contributed by atoms with Crippen molar-refractivity contribution in [3.05, 3.63) is 0 Å². The molecule has 2 N–H and O–H groups in total. The van der Waals surface area contributed by atoms with E-state index in [0.717, 1.165) is 0 Å². The number of amides is 2. The minimum atomic E-state index is -3.20. The molecular formula is C6H10F2N4O. The maximum absolute atomic E-state index is 12.2. The monoisotopic (exact) mass is 192 g/mol. The van der Waals surface area contributed by atoms with Gasteiger partial charge in [-0.3, -0.25) is 5.32 Å². The van der Waals surface area contributed by atoms with Gasteiger partial charge >= 0.3 is 12.1 Å². The van der Waals surface area contributed by atoms with Crippen LogP contribution in [0.3, 0.4) is 0 Å². The molecule has 2 amide bonds. The number of hydrogen-bond acceptors (Lipinski definition) is 3. The van der Waals surface area contributed by atoms with E-state index in [1.807, 2.05) is 10.7 Å². The summed E-state index contributed by atoms with van der Waals surface area (Å²) in [6, 6.07) is -3.96. The molecule has 5 nitrogen and oxygen atoms in total. The summed E-state index contributed by atoms with van der Waals surface area (Å²) in [5.74, 6) is -0.200. The number of nitrogens with zero attached hydrogens (tertiary/aromatic N) is 2. The van der Waals surface area contributed by atoms with E-state index in [1.54, 1.807) is 0 Å². The van der Waals surface area contributed by atoms with Crippen LogP contribution in [0, 0.1) is 0 Å². The molecule has 0 aromatic rings. The van der Waals surface area contributed by atoms with E-state index in [2.05, 4.69) is 16.8 Å². The van der Waals surface area contributed by atoms with Gasteiger partial charge < -0.3 is 0 Å². The van der Waals surface area contributed by atoms with E-state index in [-0.39, 0.29) is 5.84 Å². The Labute approximate surface area is 73.9 Å². The summed E-state index contributed by atoms with van der Waals surface area (Å²) < 4.78 is 24.4. The number of alkyl halides is 2. The largest absolute Gasteiger partial charge is 0.340 e. The predicted molar refractivity (Wildman–Crippen MR) is 44.9 cm³/mol. The molecule has 0 heterocycles. The second kappa shape index (κ2) is 4.48. The molecular weight excluding hydrogens is 182 g/mol. The first-order valence-corrected chi connectivity index (χ1v) is 3.32. The third kappa shape index (κ3) is 6.85. The molecule has 0 aromatic heterocycles. The first-order valence-electron chi connectivity index (χ1n) is 3.32. The van der Waals surface area contributed by atoms with Crippen molar-refractivity contribution in [2.24, 2.45) is 10.1 Å². The highest BCUT2D eigenvalue weighted by Crippen LogP contribution is 2.12. The van der Waals surface area contributed by atoms with Gasteiger partial charge in [0.1, 0.15) is 5.84 Å². The molecule has 0 aliphatic carbocycles. The van der Waals surface area contributed by atoms with Gasteiger partial charge in [0.15, 0.2) is 0 Å². The van der Waals surface area contributed by atoms with Crippen LogP contribution < -0.4 is 10.7 Å². The van der Waals surface area contributed by atoms with Crippen molar-refractivity contribution in [1.29, 1.82) is 0 Å². The van der Waals surface area contributed by atoms with Crippen molar-refractivity contribution in [2.75, 3.05) is 0 Å². The number of halogens is 2. The Morgan fingerprint density at radius 3 is 2.46 bits per heavy atom. The highest BCUT2D eigenvalue weighted by Gasteiger charge is 2.19. The molecule has 0 aliphatic heterocycles. The zero-order valence-electron chi connectivity index (χ0n) is 7.27. The van der Waals surface area contributed by atoms with E-state index in [4.69, 9.17) is 0 Å². The number of hydrogen-bond donors (Lipinski definition) is 2. The maximum atomic E-state index is 12.2. The normalized spacial score (nSPS) is 12.2. The van der Waals surface area contributed by atoms with Gasteiger partial charge in [-0.1, -0.05) is 0 Å². The second-order valence-corrected chi connectivity index (χ2v) is 2.26. The zero-order valence-corrected chi connectivity index (χ0v) is 7.27. The summed E-state index contributed by atoms with van der Waals surface area (Å²) in [7, 11) is 0. The van der Waals surface area contributed by atoms with E-state index < -0.39 is 12.1 Å². The van der Waals surface area contributed by atoms with Crippen LogP contribution in [0.2, 0.25) is 0 Å². The molecule has 0 saturated carbocycles. The third-order valence-corrected chi connectivity index (χ3v) is 0.839. The molecule has 0 unspecified atom stereocenters. The number of amidine groups is 1. The number of hydrazone groups is 1. The van der Waals surface area contributed by atoms with Crippen molar-refractivity contribution in [1.82, 2.24) is 10.7 Å². The number of urea groups is 1. The number of rotatable bonds is 2. The van der Waals surface area contributed by atoms with Gasteiger partial charge in [0.05, 0.1) is 0 Å². The molecule has 7 heteroatoms. The Bertz CT molecular complexity index is 233. The quantitative estimate of drug-likeness (QED) is 0.290. The van der Waals surface area contributed by atoms with Gasteiger partial charge in [-0.25, -0.2) is 15.2 Å². The van der Waals surface area contributed by atoms with Crippen LogP contribution in [0.1, 0.15) is 13.8 Å². The molecule has 0 aromatic carbocycles. The Balaban J connectivity index is 4.14. The first kappa shape index (κ1) is 11.5. The van der Waals surface area contributed by atoms with Gasteiger partial charge in [0.2, 0.25) is 0 Å². The van der Waals surface area contributed by atoms with Crippen LogP contribution in [-0.4, -0.2) is 24.6 Å². The molecule has 0 spiro atoms. The lowest BCUT2D eigenvalue weighted by molar-refractivity contribution is 0.0322. The lowest BCUT2D eigenvalue weighted by Gasteiger charge is -2.07. The minimum Gasteiger partial charge on any atom is -0.295 e. The average molecular weight is 192 g/mol. The summed E-state index contributed by atoms with van der Waals surface area (Å²) in [6.45, 7) is 4.82. The lowest BCUT2D eigenvalue weighted by atomic mass is 10.6. The third-order valence-electron chi connectivity index (χ3n) is 0.839. The Morgan fingerprint density at radius 1 is 1.54 bits per heavy atom. The number of carbonyl (C=O) groups is 1. The van der Waals surface area contributed by atoms with Crippen molar-refractivity contribution < 1.29 is 13.6 Å². The van der Waals surface area contributed by atoms with E-state index in [9.17, 15) is 13.6 Å². The SMILES string of the molecule is C=NNC(=O)NC(C)=NC(C)(F)F. The second-order valence-electron chi connectivity index (χ2n) is 2.26. The van der Waals surface area contributed by atoms with Gasteiger partial charge in [-0.15, -0.1) is 0 Å². The minimum absolute atomic E-state index is 0.200. The lowest BCUT2D eigenvalue weighted by Crippen LogP contribution is -2.36. The van der Waals surface area contributed by atoms with Gasteiger partial charge in [-0.05, 0) is 6.92 Å². The first-order chi connectivity index (χ1) is 5.85. The van der Waals surface area contributed by atoms with Gasteiger partial charge in [-0.2, -0.15) is 13.9 Å². The zero-order chi connectivity index (χ0) is 10.5. The Morgan fingerprint density at radius 2 is 2.08 bits per heavy atom. The smallest absolute Gasteiger partial charge is 0.295 e. The summed E-state index contributed by atoms with van der Waals surface area (Å²) in [5.41, 5.74) is 1.90. The molecule has 0 fully saturated rings. The van der Waals surface area contributed by atoms with Gasteiger partial charge in [0.25, 0.3) is 0 Å². The molecule has 13 heavy (non-hydrogen) atoms. The van der Waals surface area contributed by atoms with Crippen LogP contribution in [-0.2, 0) is 0 Å². The highest BCUT2D eigenvalue weighted by molar-refractivity contribution is 5.96. The predicted octanol–water partition coefficient (Wildman–Crippen LogP) is 0.932. The van der Waals surface area contributed by atoms with E-state index in [1.165, 1.54) is 6.92 Å². The number of aliphatic imine (C=N–C) groups is 1. The Hall–Kier alpha value is -1.53. The number of nitrogens with one attached hydrogen (secondary N) is 2. The van der Waals surface area contributed by atoms with E-state index in [0.29, 0.717) is 6.92 Å². The molecule has 0 atom stereocenters. The highest BCUT2D eigenvalue weighted by atomic mass is 19.3. The standard InChI is InChI=1S/C6H10F2N4O/c1-4(11-6(2,7)8)10-5(13)12-9-3/h3H2,1-2H3,(H2,10,11,12,13). The molecule has 0 rings (SSSR count). The van der Waals surface area contributed by atoms with E-state index >= 15 is 0 Å². The fourth-order valence-electron chi connectivity index (χ4n) is 0.586. The molecule has 0 aliphatic rings. The topological polar surface area (TPSA) is 65.8 Å². The van der Waals surface area contributed by atoms with Gasteiger partial charge in [0, 0.05) is 13.6 Å². The summed E-state index contributed by atoms with van der Waals surface area (Å²) in [6.07, 6.45) is 0. The van der Waals surface area contributed by atoms with Crippen molar-refractivity contribution >= 4 is 18.6 Å². The van der Waals surface area contributed by atoms with Crippen molar-refractivity contribution in [2.45, 2.75) is 19.9 Å². The maximum Gasteiger partial charge on any atom is 0.340 e. The summed E-state index contributed by atoms with van der Waals surface area (Å²) in [4.78, 5) is 13.5. The van der Waals surface area contributed by atoms with Crippen molar-refractivity contribution in [3.63, 3.8) is 0 Å². The van der Waals surface area contributed by atoms with Crippen LogP contribution in [0.25, 0.3) is 0 Å².